The molecule has 0 aliphatic carbocycles. The molecule has 2 unspecified atom stereocenters. The third-order valence-corrected chi connectivity index (χ3v) is 2.86. The summed E-state index contributed by atoms with van der Waals surface area (Å²) in [5.41, 5.74) is 1.28. The molecule has 3 heteroatoms. The standard InChI is InChI=1S/C15H25NO2/c1-5-15(16-6-2)13-8-7-9-14(10-13)18-12(3)11-17-4/h7-10,12,15-16H,5-6,11H2,1-4H3. The summed E-state index contributed by atoms with van der Waals surface area (Å²) in [7, 11) is 1.69. The highest BCUT2D eigenvalue weighted by Gasteiger charge is 2.09. The Balaban J connectivity index is 2.71. The number of ether oxygens (including phenoxy) is 2. The molecule has 0 saturated heterocycles. The first-order chi connectivity index (χ1) is 8.71. The van der Waals surface area contributed by atoms with E-state index in [4.69, 9.17) is 9.47 Å². The average Bonchev–Trinajstić information content (AvgIpc) is 2.36. The van der Waals surface area contributed by atoms with Crippen LogP contribution in [-0.4, -0.2) is 26.4 Å². The van der Waals surface area contributed by atoms with Crippen LogP contribution in [0.4, 0.5) is 0 Å². The van der Waals surface area contributed by atoms with Crippen molar-refractivity contribution >= 4 is 0 Å². The number of methoxy groups -OCH3 is 1. The van der Waals surface area contributed by atoms with Crippen LogP contribution < -0.4 is 10.1 Å². The van der Waals surface area contributed by atoms with E-state index in [9.17, 15) is 0 Å². The summed E-state index contributed by atoms with van der Waals surface area (Å²) >= 11 is 0. The molecule has 1 aromatic carbocycles. The summed E-state index contributed by atoms with van der Waals surface area (Å²) in [6, 6.07) is 8.70. The topological polar surface area (TPSA) is 30.5 Å². The van der Waals surface area contributed by atoms with Gasteiger partial charge in [-0.15, -0.1) is 0 Å². The van der Waals surface area contributed by atoms with Crippen LogP contribution >= 0.6 is 0 Å². The molecule has 2 atom stereocenters. The molecule has 18 heavy (non-hydrogen) atoms. The Morgan fingerprint density at radius 3 is 2.67 bits per heavy atom. The third kappa shape index (κ3) is 4.67. The first-order valence-electron chi connectivity index (χ1n) is 6.70. The zero-order valence-corrected chi connectivity index (χ0v) is 11.9. The molecule has 0 fully saturated rings. The van der Waals surface area contributed by atoms with Crippen LogP contribution in [0.3, 0.4) is 0 Å². The van der Waals surface area contributed by atoms with Gasteiger partial charge in [0.15, 0.2) is 0 Å². The van der Waals surface area contributed by atoms with E-state index < -0.39 is 0 Å². The Kier molecular flexibility index (Phi) is 6.76. The molecule has 0 aromatic heterocycles. The fourth-order valence-corrected chi connectivity index (χ4v) is 2.05. The van der Waals surface area contributed by atoms with Gasteiger partial charge in [-0.2, -0.15) is 0 Å². The van der Waals surface area contributed by atoms with Crippen molar-refractivity contribution in [2.75, 3.05) is 20.3 Å². The van der Waals surface area contributed by atoms with Crippen LogP contribution in [-0.2, 0) is 4.74 Å². The number of hydrogen-bond donors (Lipinski definition) is 1. The average molecular weight is 251 g/mol. The maximum absolute atomic E-state index is 5.82. The summed E-state index contributed by atoms with van der Waals surface area (Å²) in [5.74, 6) is 0.911. The molecule has 0 spiro atoms. The second-order valence-corrected chi connectivity index (χ2v) is 4.47. The van der Waals surface area contributed by atoms with E-state index in [1.165, 1.54) is 5.56 Å². The van der Waals surface area contributed by atoms with Gasteiger partial charge in [0.1, 0.15) is 11.9 Å². The maximum atomic E-state index is 5.82. The van der Waals surface area contributed by atoms with E-state index in [0.717, 1.165) is 18.7 Å². The Morgan fingerprint density at radius 1 is 1.28 bits per heavy atom. The van der Waals surface area contributed by atoms with Crippen molar-refractivity contribution in [1.29, 1.82) is 0 Å². The lowest BCUT2D eigenvalue weighted by atomic mass is 10.0. The van der Waals surface area contributed by atoms with Gasteiger partial charge in [0.05, 0.1) is 6.61 Å². The van der Waals surface area contributed by atoms with Crippen molar-refractivity contribution in [3.63, 3.8) is 0 Å². The SMILES string of the molecule is CCNC(CC)c1cccc(OC(C)COC)c1. The van der Waals surface area contributed by atoms with Gasteiger partial charge in [-0.1, -0.05) is 26.0 Å². The highest BCUT2D eigenvalue weighted by Crippen LogP contribution is 2.22. The molecule has 0 saturated carbocycles. The maximum Gasteiger partial charge on any atom is 0.120 e. The molecule has 0 radical (unpaired) electrons. The van der Waals surface area contributed by atoms with Crippen molar-refractivity contribution < 1.29 is 9.47 Å². The third-order valence-electron chi connectivity index (χ3n) is 2.86. The smallest absolute Gasteiger partial charge is 0.120 e. The van der Waals surface area contributed by atoms with E-state index in [-0.39, 0.29) is 6.10 Å². The van der Waals surface area contributed by atoms with Gasteiger partial charge in [-0.25, -0.2) is 0 Å². The van der Waals surface area contributed by atoms with Crippen LogP contribution in [0, 0.1) is 0 Å². The number of hydrogen-bond acceptors (Lipinski definition) is 3. The molecule has 0 aliphatic rings. The molecule has 0 amide bonds. The fraction of sp³-hybridized carbons (Fsp3) is 0.600. The Labute approximate surface area is 110 Å². The molecule has 0 bridgehead atoms. The Morgan fingerprint density at radius 2 is 2.06 bits per heavy atom. The van der Waals surface area contributed by atoms with Crippen molar-refractivity contribution in [2.45, 2.75) is 39.3 Å². The summed E-state index contributed by atoms with van der Waals surface area (Å²) in [6.07, 6.45) is 1.15. The predicted octanol–water partition coefficient (Wildman–Crippen LogP) is 3.16. The van der Waals surface area contributed by atoms with E-state index in [1.807, 2.05) is 19.1 Å². The van der Waals surface area contributed by atoms with Gasteiger partial charge < -0.3 is 14.8 Å². The van der Waals surface area contributed by atoms with E-state index in [0.29, 0.717) is 12.6 Å². The summed E-state index contributed by atoms with van der Waals surface area (Å²) < 4.78 is 10.9. The molecule has 0 aliphatic heterocycles. The van der Waals surface area contributed by atoms with E-state index >= 15 is 0 Å². The quantitative estimate of drug-likeness (QED) is 0.770. The largest absolute Gasteiger partial charge is 0.488 e. The van der Waals surface area contributed by atoms with Crippen LogP contribution in [0.25, 0.3) is 0 Å². The first kappa shape index (κ1) is 15.0. The van der Waals surface area contributed by atoms with Gasteiger partial charge in [0, 0.05) is 13.2 Å². The predicted molar refractivity (Wildman–Crippen MR) is 75.1 cm³/mol. The fourth-order valence-electron chi connectivity index (χ4n) is 2.05. The van der Waals surface area contributed by atoms with Gasteiger partial charge >= 0.3 is 0 Å². The van der Waals surface area contributed by atoms with Gasteiger partial charge in [0.25, 0.3) is 0 Å². The number of rotatable bonds is 8. The monoisotopic (exact) mass is 251 g/mol. The molecular formula is C15H25NO2. The van der Waals surface area contributed by atoms with E-state index in [1.54, 1.807) is 7.11 Å². The normalized spacial score (nSPS) is 14.2. The van der Waals surface area contributed by atoms with E-state index in [2.05, 4.69) is 31.3 Å². The minimum Gasteiger partial charge on any atom is -0.488 e. The highest BCUT2D eigenvalue weighted by molar-refractivity contribution is 5.30. The van der Waals surface area contributed by atoms with Gasteiger partial charge in [-0.3, -0.25) is 0 Å². The minimum atomic E-state index is 0.0736. The van der Waals surface area contributed by atoms with Crippen molar-refractivity contribution in [2.24, 2.45) is 0 Å². The van der Waals surface area contributed by atoms with Gasteiger partial charge in [0.2, 0.25) is 0 Å². The highest BCUT2D eigenvalue weighted by atomic mass is 16.5. The lowest BCUT2D eigenvalue weighted by Gasteiger charge is -2.19. The van der Waals surface area contributed by atoms with Crippen LogP contribution in [0.5, 0.6) is 5.75 Å². The molecule has 3 nitrogen and oxygen atoms in total. The summed E-state index contributed by atoms with van der Waals surface area (Å²) in [4.78, 5) is 0. The zero-order valence-electron chi connectivity index (χ0n) is 11.9. The number of benzene rings is 1. The molecular weight excluding hydrogens is 226 g/mol. The van der Waals surface area contributed by atoms with Crippen molar-refractivity contribution in [3.05, 3.63) is 29.8 Å². The molecule has 102 valence electrons. The second-order valence-electron chi connectivity index (χ2n) is 4.47. The lowest BCUT2D eigenvalue weighted by Crippen LogP contribution is -2.21. The second kappa shape index (κ2) is 8.11. The van der Waals surface area contributed by atoms with Gasteiger partial charge in [-0.05, 0) is 37.6 Å². The van der Waals surface area contributed by atoms with Crippen molar-refractivity contribution in [1.82, 2.24) is 5.32 Å². The van der Waals surface area contributed by atoms with Crippen LogP contribution in [0.15, 0.2) is 24.3 Å². The molecule has 1 N–H and O–H groups in total. The Bertz CT molecular complexity index is 341. The molecule has 1 aromatic rings. The minimum absolute atomic E-state index is 0.0736. The zero-order chi connectivity index (χ0) is 13.4. The summed E-state index contributed by atoms with van der Waals surface area (Å²) in [5, 5.41) is 3.47. The van der Waals surface area contributed by atoms with Crippen molar-refractivity contribution in [3.8, 4) is 5.75 Å². The number of nitrogens with one attached hydrogen (secondary N) is 1. The Hall–Kier alpha value is -1.06. The van der Waals surface area contributed by atoms with Crippen LogP contribution in [0.2, 0.25) is 0 Å². The van der Waals surface area contributed by atoms with Crippen LogP contribution in [0.1, 0.15) is 38.8 Å². The first-order valence-corrected chi connectivity index (χ1v) is 6.70. The molecule has 0 heterocycles. The lowest BCUT2D eigenvalue weighted by molar-refractivity contribution is 0.0920. The molecule has 1 rings (SSSR count). The summed E-state index contributed by atoms with van der Waals surface area (Å²) in [6.45, 7) is 7.91.